The van der Waals surface area contributed by atoms with E-state index in [0.717, 1.165) is 28.3 Å². The lowest BCUT2D eigenvalue weighted by atomic mass is 9.33. The predicted molar refractivity (Wildman–Crippen MR) is 216 cm³/mol. The fraction of sp³-hybridized carbons (Fsp3) is 0. The first-order valence-corrected chi connectivity index (χ1v) is 17.8. The second kappa shape index (κ2) is 10.3. The van der Waals surface area contributed by atoms with Crippen molar-refractivity contribution in [3.63, 3.8) is 0 Å². The molecule has 2 aliphatic heterocycles. The molecule has 0 saturated carbocycles. The molecule has 0 spiro atoms. The third-order valence-electron chi connectivity index (χ3n) is 11.2. The van der Waals surface area contributed by atoms with E-state index in [1.54, 1.807) is 0 Å². The van der Waals surface area contributed by atoms with Gasteiger partial charge in [0.15, 0.2) is 5.82 Å². The van der Waals surface area contributed by atoms with E-state index in [2.05, 4.69) is 166 Å². The molecule has 0 saturated heterocycles. The molecule has 10 aromatic rings. The van der Waals surface area contributed by atoms with Gasteiger partial charge in [0.05, 0.1) is 16.6 Å². The van der Waals surface area contributed by atoms with Gasteiger partial charge in [0.2, 0.25) is 0 Å². The van der Waals surface area contributed by atoms with E-state index in [-0.39, 0.29) is 6.71 Å². The largest absolute Gasteiger partial charge is 0.311 e. The molecule has 7 aromatic carbocycles. The molecule has 0 aliphatic carbocycles. The Morgan fingerprint density at radius 1 is 0.423 bits per heavy atom. The predicted octanol–water partition coefficient (Wildman–Crippen LogP) is 9.38. The van der Waals surface area contributed by atoms with Crippen LogP contribution in [0.4, 0.5) is 34.1 Å². The minimum Gasteiger partial charge on any atom is -0.311 e. The van der Waals surface area contributed by atoms with Gasteiger partial charge in [0.25, 0.3) is 6.71 Å². The number of benzene rings is 7. The first-order valence-electron chi connectivity index (χ1n) is 17.8. The lowest BCUT2D eigenvalue weighted by Gasteiger charge is -2.44. The van der Waals surface area contributed by atoms with Crippen molar-refractivity contribution in [2.24, 2.45) is 0 Å². The molecule has 0 radical (unpaired) electrons. The molecule has 52 heavy (non-hydrogen) atoms. The Morgan fingerprint density at radius 3 is 1.79 bits per heavy atom. The number of aromatic nitrogens is 3. The van der Waals surface area contributed by atoms with Crippen molar-refractivity contribution >= 4 is 95.3 Å². The zero-order valence-corrected chi connectivity index (χ0v) is 28.0. The van der Waals surface area contributed by atoms with Crippen LogP contribution in [0.2, 0.25) is 0 Å². The second-order valence-electron chi connectivity index (χ2n) is 13.8. The molecular formula is C46H28BN5. The van der Waals surface area contributed by atoms with Crippen molar-refractivity contribution in [3.05, 3.63) is 170 Å². The zero-order chi connectivity index (χ0) is 33.9. The number of para-hydroxylation sites is 5. The molecule has 2 aliphatic rings. The number of rotatable bonds is 3. The van der Waals surface area contributed by atoms with Gasteiger partial charge in [-0.3, -0.25) is 0 Å². The van der Waals surface area contributed by atoms with E-state index in [9.17, 15) is 0 Å². The Hall–Kier alpha value is -6.92. The Bertz CT molecular complexity index is 3030. The number of anilines is 6. The van der Waals surface area contributed by atoms with Crippen molar-refractivity contribution in [1.82, 2.24) is 14.4 Å². The average Bonchev–Trinajstić information content (AvgIpc) is 3.73. The van der Waals surface area contributed by atoms with Crippen LogP contribution >= 0.6 is 0 Å². The van der Waals surface area contributed by atoms with Crippen LogP contribution in [0.5, 0.6) is 0 Å². The summed E-state index contributed by atoms with van der Waals surface area (Å²) in [6.07, 6.45) is 3.65. The summed E-state index contributed by atoms with van der Waals surface area (Å²) in [6.45, 7) is -0.00630. The van der Waals surface area contributed by atoms with Gasteiger partial charge in [-0.2, -0.15) is 0 Å². The quantitative estimate of drug-likeness (QED) is 0.177. The number of hydrogen-bond donors (Lipinski definition) is 0. The first-order chi connectivity index (χ1) is 25.8. The smallest absolute Gasteiger partial charge is 0.252 e. The van der Waals surface area contributed by atoms with Gasteiger partial charge in [-0.15, -0.1) is 0 Å². The summed E-state index contributed by atoms with van der Waals surface area (Å²) in [4.78, 5) is 14.4. The first kappa shape index (κ1) is 27.9. The van der Waals surface area contributed by atoms with Gasteiger partial charge in [0.1, 0.15) is 0 Å². The molecular weight excluding hydrogens is 633 g/mol. The Labute approximate surface area is 300 Å². The fourth-order valence-electron chi connectivity index (χ4n) is 9.15. The van der Waals surface area contributed by atoms with Gasteiger partial charge in [0, 0.05) is 73.6 Å². The molecule has 6 heteroatoms. The highest BCUT2D eigenvalue weighted by Gasteiger charge is 2.44. The summed E-state index contributed by atoms with van der Waals surface area (Å²) in [5, 5.41) is 5.12. The minimum atomic E-state index is -0.00630. The van der Waals surface area contributed by atoms with Crippen molar-refractivity contribution < 1.29 is 0 Å². The summed E-state index contributed by atoms with van der Waals surface area (Å²) in [5.74, 6) is 0.704. The van der Waals surface area contributed by atoms with E-state index < -0.39 is 0 Å². The van der Waals surface area contributed by atoms with Crippen LogP contribution < -0.4 is 26.2 Å². The molecule has 0 fully saturated rings. The number of fused-ring (bicyclic) bond motifs is 10. The molecule has 5 nitrogen and oxygen atoms in total. The van der Waals surface area contributed by atoms with Gasteiger partial charge in [-0.25, -0.2) is 9.97 Å². The van der Waals surface area contributed by atoms with E-state index in [4.69, 9.17) is 9.97 Å². The van der Waals surface area contributed by atoms with E-state index >= 15 is 0 Å². The SMILES string of the molecule is c1ccc(N2c3ccccc3B3c4cc5c(cc4N(c4ccccc4)c4cc(-c6ncccn6)cc2c43)c2cccc3c4ccccc4n5c32)cc1. The molecule has 0 N–H and O–H groups in total. The van der Waals surface area contributed by atoms with Crippen LogP contribution in [0.15, 0.2) is 170 Å². The summed E-state index contributed by atoms with van der Waals surface area (Å²) >= 11 is 0. The molecule has 0 unspecified atom stereocenters. The van der Waals surface area contributed by atoms with Gasteiger partial charge < -0.3 is 14.2 Å². The van der Waals surface area contributed by atoms with Crippen molar-refractivity contribution in [3.8, 4) is 11.4 Å². The third kappa shape index (κ3) is 3.63. The summed E-state index contributed by atoms with van der Waals surface area (Å²) in [6, 6.07) is 57.5. The van der Waals surface area contributed by atoms with Crippen LogP contribution in [0.1, 0.15) is 0 Å². The minimum absolute atomic E-state index is 0.00630. The number of nitrogens with zero attached hydrogens (tertiary/aromatic N) is 5. The fourth-order valence-corrected chi connectivity index (χ4v) is 9.15. The highest BCUT2D eigenvalue weighted by atomic mass is 15.2. The maximum atomic E-state index is 4.75. The molecule has 0 amide bonds. The van der Waals surface area contributed by atoms with Crippen molar-refractivity contribution in [2.45, 2.75) is 0 Å². The standard InChI is InChI=1S/C46H28BN5/c1-3-13-30(14-4-1)50-39-22-10-8-20-36(39)47-37-28-40-35(34-19-11-18-33-32-17-7-9-21-38(32)52(40)45(33)34)27-41(37)51(31-15-5-2-6-16-31)43-26-29(25-42(50)44(43)47)46-48-23-12-24-49-46/h1-28H. The molecule has 0 bridgehead atoms. The average molecular weight is 662 g/mol. The van der Waals surface area contributed by atoms with Crippen molar-refractivity contribution in [1.29, 1.82) is 0 Å². The number of hydrogen-bond acceptors (Lipinski definition) is 4. The van der Waals surface area contributed by atoms with Crippen LogP contribution in [0, 0.1) is 0 Å². The summed E-state index contributed by atoms with van der Waals surface area (Å²) in [7, 11) is 0. The molecule has 240 valence electrons. The second-order valence-corrected chi connectivity index (χ2v) is 13.8. The Kier molecular flexibility index (Phi) is 5.52. The summed E-state index contributed by atoms with van der Waals surface area (Å²) in [5.41, 5.74) is 15.5. The third-order valence-corrected chi connectivity index (χ3v) is 11.2. The topological polar surface area (TPSA) is 36.7 Å². The zero-order valence-electron chi connectivity index (χ0n) is 28.0. The van der Waals surface area contributed by atoms with E-state index in [1.807, 2.05) is 18.5 Å². The Morgan fingerprint density at radius 2 is 1.04 bits per heavy atom. The molecule has 3 aromatic heterocycles. The Balaban J connectivity index is 1.26. The molecule has 0 atom stereocenters. The highest BCUT2D eigenvalue weighted by Crippen LogP contribution is 2.47. The lowest BCUT2D eigenvalue weighted by Crippen LogP contribution is -2.61. The van der Waals surface area contributed by atoms with Crippen molar-refractivity contribution in [2.75, 3.05) is 9.80 Å². The van der Waals surface area contributed by atoms with Crippen LogP contribution in [-0.2, 0) is 0 Å². The molecule has 12 rings (SSSR count). The van der Waals surface area contributed by atoms with Crippen LogP contribution in [-0.4, -0.2) is 21.1 Å². The van der Waals surface area contributed by atoms with E-state index in [0.29, 0.717) is 5.82 Å². The molecule has 5 heterocycles. The van der Waals surface area contributed by atoms with Gasteiger partial charge >= 0.3 is 0 Å². The maximum absolute atomic E-state index is 4.75. The summed E-state index contributed by atoms with van der Waals surface area (Å²) < 4.78 is 2.50. The van der Waals surface area contributed by atoms with Crippen LogP contribution in [0.25, 0.3) is 49.5 Å². The van der Waals surface area contributed by atoms with Gasteiger partial charge in [-0.05, 0) is 83.1 Å². The van der Waals surface area contributed by atoms with Crippen LogP contribution in [0.3, 0.4) is 0 Å². The normalized spacial score (nSPS) is 13.3. The maximum Gasteiger partial charge on any atom is 0.252 e. The lowest BCUT2D eigenvalue weighted by molar-refractivity contribution is 1.17. The highest BCUT2D eigenvalue weighted by molar-refractivity contribution is 7.00. The van der Waals surface area contributed by atoms with E-state index in [1.165, 1.54) is 65.9 Å². The monoisotopic (exact) mass is 661 g/mol. The van der Waals surface area contributed by atoms with Gasteiger partial charge in [-0.1, -0.05) is 91.0 Å².